The van der Waals surface area contributed by atoms with E-state index in [4.69, 9.17) is 4.42 Å². The molecule has 1 amide bonds. The Bertz CT molecular complexity index is 1070. The van der Waals surface area contributed by atoms with E-state index in [1.807, 2.05) is 61.2 Å². The number of hydrogen-bond acceptors (Lipinski definition) is 5. The van der Waals surface area contributed by atoms with Crippen LogP contribution in [0.5, 0.6) is 0 Å². The van der Waals surface area contributed by atoms with Gasteiger partial charge in [-0.2, -0.15) is 0 Å². The second kappa shape index (κ2) is 10.2. The standard InChI is InChI=1S/C25H29N3O3S/c1-19-8-10-22(11-9-19)25-26-23(20(2)31-25)17-32(30)18-24(29)28-14-12-27(13-15-28)16-21-6-4-3-5-7-21/h3-11H,12-18H2,1-2H3/t32-/m1/s1. The third kappa shape index (κ3) is 5.72. The lowest BCUT2D eigenvalue weighted by Crippen LogP contribution is -2.49. The normalized spacial score (nSPS) is 15.6. The van der Waals surface area contributed by atoms with Crippen LogP contribution in [-0.2, 0) is 27.9 Å². The lowest BCUT2D eigenvalue weighted by molar-refractivity contribution is -0.130. The molecule has 0 unspecified atom stereocenters. The molecule has 2 aromatic carbocycles. The van der Waals surface area contributed by atoms with Crippen LogP contribution in [0.2, 0.25) is 0 Å². The number of hydrogen-bond donors (Lipinski definition) is 0. The van der Waals surface area contributed by atoms with Crippen molar-refractivity contribution in [2.45, 2.75) is 26.1 Å². The number of nitrogens with zero attached hydrogens (tertiary/aromatic N) is 3. The fourth-order valence-corrected chi connectivity index (χ4v) is 4.94. The van der Waals surface area contributed by atoms with Crippen LogP contribution in [0.15, 0.2) is 59.0 Å². The quantitative estimate of drug-likeness (QED) is 0.550. The number of oxazole rings is 1. The number of aryl methyl sites for hydroxylation is 2. The van der Waals surface area contributed by atoms with E-state index in [2.05, 4.69) is 22.0 Å². The van der Waals surface area contributed by atoms with E-state index in [0.717, 1.165) is 30.8 Å². The molecule has 0 saturated carbocycles. The maximum atomic E-state index is 12.7. The Morgan fingerprint density at radius 2 is 1.69 bits per heavy atom. The van der Waals surface area contributed by atoms with Gasteiger partial charge in [0.25, 0.3) is 0 Å². The van der Waals surface area contributed by atoms with Gasteiger partial charge < -0.3 is 9.32 Å². The van der Waals surface area contributed by atoms with Gasteiger partial charge in [-0.05, 0) is 31.5 Å². The first-order chi connectivity index (χ1) is 15.5. The largest absolute Gasteiger partial charge is 0.441 e. The van der Waals surface area contributed by atoms with Gasteiger partial charge in [-0.1, -0.05) is 48.0 Å². The van der Waals surface area contributed by atoms with Crippen LogP contribution in [0.3, 0.4) is 0 Å². The Morgan fingerprint density at radius 3 is 2.38 bits per heavy atom. The average Bonchev–Trinajstić information content (AvgIpc) is 3.15. The molecule has 32 heavy (non-hydrogen) atoms. The van der Waals surface area contributed by atoms with Crippen LogP contribution in [0.1, 0.15) is 22.6 Å². The van der Waals surface area contributed by atoms with Gasteiger partial charge in [-0.15, -0.1) is 0 Å². The fourth-order valence-electron chi connectivity index (χ4n) is 3.81. The van der Waals surface area contributed by atoms with Crippen molar-refractivity contribution in [1.82, 2.24) is 14.8 Å². The Labute approximate surface area is 191 Å². The van der Waals surface area contributed by atoms with Gasteiger partial charge in [-0.3, -0.25) is 13.9 Å². The molecule has 168 valence electrons. The van der Waals surface area contributed by atoms with Crippen molar-refractivity contribution >= 4 is 16.7 Å². The molecule has 0 radical (unpaired) electrons. The molecule has 0 bridgehead atoms. The Kier molecular flexibility index (Phi) is 7.17. The molecule has 3 aromatic rings. The summed E-state index contributed by atoms with van der Waals surface area (Å²) in [6.07, 6.45) is 0. The minimum Gasteiger partial charge on any atom is -0.441 e. The Morgan fingerprint density at radius 1 is 1.00 bits per heavy atom. The van der Waals surface area contributed by atoms with Crippen LogP contribution >= 0.6 is 0 Å². The Balaban J connectivity index is 1.27. The van der Waals surface area contributed by atoms with Crippen molar-refractivity contribution in [1.29, 1.82) is 0 Å². The summed E-state index contributed by atoms with van der Waals surface area (Å²) in [5.41, 5.74) is 3.98. The summed E-state index contributed by atoms with van der Waals surface area (Å²) in [5, 5.41) is 0. The van der Waals surface area contributed by atoms with Crippen LogP contribution in [0.4, 0.5) is 0 Å². The smallest absolute Gasteiger partial charge is 0.235 e. The van der Waals surface area contributed by atoms with Gasteiger partial charge in [0.15, 0.2) is 0 Å². The van der Waals surface area contributed by atoms with E-state index >= 15 is 0 Å². The zero-order valence-electron chi connectivity index (χ0n) is 18.6. The Hall–Kier alpha value is -2.77. The second-order valence-electron chi connectivity index (χ2n) is 8.26. The monoisotopic (exact) mass is 451 g/mol. The third-order valence-electron chi connectivity index (χ3n) is 5.75. The summed E-state index contributed by atoms with van der Waals surface area (Å²) in [4.78, 5) is 21.4. The van der Waals surface area contributed by atoms with Crippen LogP contribution in [-0.4, -0.2) is 56.8 Å². The first-order valence-electron chi connectivity index (χ1n) is 10.9. The van der Waals surface area contributed by atoms with Gasteiger partial charge in [0.2, 0.25) is 11.8 Å². The minimum absolute atomic E-state index is 0.0187. The predicted molar refractivity (Wildman–Crippen MR) is 126 cm³/mol. The number of carbonyl (C=O) groups is 1. The predicted octanol–water partition coefficient (Wildman–Crippen LogP) is 3.55. The average molecular weight is 452 g/mol. The first kappa shape index (κ1) is 22.4. The molecule has 6 nitrogen and oxygen atoms in total. The number of piperazine rings is 1. The van der Waals surface area contributed by atoms with E-state index in [9.17, 15) is 9.00 Å². The summed E-state index contributed by atoms with van der Waals surface area (Å²) in [7, 11) is -1.33. The molecule has 0 spiro atoms. The maximum Gasteiger partial charge on any atom is 0.235 e. The third-order valence-corrected chi connectivity index (χ3v) is 6.91. The summed E-state index contributed by atoms with van der Waals surface area (Å²) in [6, 6.07) is 18.3. The molecule has 1 aliphatic heterocycles. The number of carbonyl (C=O) groups excluding carboxylic acids is 1. The van der Waals surface area contributed by atoms with Crippen molar-refractivity contribution in [3.63, 3.8) is 0 Å². The highest BCUT2D eigenvalue weighted by atomic mass is 32.2. The highest BCUT2D eigenvalue weighted by Gasteiger charge is 2.23. The number of amides is 1. The van der Waals surface area contributed by atoms with Gasteiger partial charge in [0.1, 0.15) is 11.5 Å². The van der Waals surface area contributed by atoms with Gasteiger partial charge >= 0.3 is 0 Å². The van der Waals surface area contributed by atoms with Crippen molar-refractivity contribution in [3.8, 4) is 11.5 Å². The lowest BCUT2D eigenvalue weighted by Gasteiger charge is -2.34. The lowest BCUT2D eigenvalue weighted by atomic mass is 10.1. The molecule has 0 N–H and O–H groups in total. The number of rotatable bonds is 7. The SMILES string of the molecule is Cc1ccc(-c2nc(C[S@@](=O)CC(=O)N3CCN(Cc4ccccc4)CC3)c(C)o2)cc1. The molecular weight excluding hydrogens is 422 g/mol. The molecule has 1 saturated heterocycles. The summed E-state index contributed by atoms with van der Waals surface area (Å²) in [6.45, 7) is 7.74. The summed E-state index contributed by atoms with van der Waals surface area (Å²) >= 11 is 0. The molecule has 4 rings (SSSR count). The highest BCUT2D eigenvalue weighted by molar-refractivity contribution is 7.84. The molecule has 0 aliphatic carbocycles. The minimum atomic E-state index is -1.33. The van der Waals surface area contributed by atoms with E-state index in [1.54, 1.807) is 0 Å². The van der Waals surface area contributed by atoms with Crippen molar-refractivity contribution in [3.05, 3.63) is 77.2 Å². The van der Waals surface area contributed by atoms with Crippen LogP contribution in [0, 0.1) is 13.8 Å². The molecule has 1 aromatic heterocycles. The van der Waals surface area contributed by atoms with E-state index in [1.165, 1.54) is 5.56 Å². The van der Waals surface area contributed by atoms with E-state index in [0.29, 0.717) is 30.4 Å². The fraction of sp³-hybridized carbons (Fsp3) is 0.360. The van der Waals surface area contributed by atoms with Gasteiger partial charge in [0, 0.05) is 49.1 Å². The van der Waals surface area contributed by atoms with Crippen molar-refractivity contribution in [2.24, 2.45) is 0 Å². The van der Waals surface area contributed by atoms with E-state index < -0.39 is 10.8 Å². The molecule has 2 heterocycles. The van der Waals surface area contributed by atoms with E-state index in [-0.39, 0.29) is 17.4 Å². The molecule has 1 fully saturated rings. The van der Waals surface area contributed by atoms with Crippen LogP contribution in [0.25, 0.3) is 11.5 Å². The van der Waals surface area contributed by atoms with Crippen molar-refractivity contribution in [2.75, 3.05) is 31.9 Å². The molecule has 7 heteroatoms. The van der Waals surface area contributed by atoms with Gasteiger partial charge in [-0.25, -0.2) is 4.98 Å². The highest BCUT2D eigenvalue weighted by Crippen LogP contribution is 2.23. The molecule has 1 aliphatic rings. The maximum absolute atomic E-state index is 12.7. The molecular formula is C25H29N3O3S. The second-order valence-corrected chi connectivity index (χ2v) is 9.72. The van der Waals surface area contributed by atoms with Crippen LogP contribution < -0.4 is 0 Å². The summed E-state index contributed by atoms with van der Waals surface area (Å²) in [5.74, 6) is 1.36. The first-order valence-corrected chi connectivity index (χ1v) is 12.4. The van der Waals surface area contributed by atoms with Gasteiger partial charge in [0.05, 0.1) is 11.4 Å². The zero-order chi connectivity index (χ0) is 22.5. The van der Waals surface area contributed by atoms with Crippen molar-refractivity contribution < 1.29 is 13.4 Å². The number of benzene rings is 2. The summed E-state index contributed by atoms with van der Waals surface area (Å²) < 4.78 is 18.5. The zero-order valence-corrected chi connectivity index (χ0v) is 19.4. The topological polar surface area (TPSA) is 66.7 Å². The molecule has 1 atom stereocenters. The number of aromatic nitrogens is 1.